The van der Waals surface area contributed by atoms with Gasteiger partial charge in [-0.3, -0.25) is 0 Å². The number of rotatable bonds is 6. The van der Waals surface area contributed by atoms with Crippen molar-refractivity contribution in [2.75, 3.05) is 0 Å². The average Bonchev–Trinajstić information content (AvgIpc) is 3.39. The van der Waals surface area contributed by atoms with Crippen LogP contribution in [0.5, 0.6) is 0 Å². The molecule has 0 aliphatic rings. The molecule has 1 heterocycles. The minimum absolute atomic E-state index is 0.631. The fourth-order valence-electron chi connectivity index (χ4n) is 10.3. The molecule has 0 bridgehead atoms. The third-order valence-electron chi connectivity index (χ3n) is 13.4. The molecule has 0 amide bonds. The highest BCUT2D eigenvalue weighted by atomic mass is 14.9. The van der Waals surface area contributed by atoms with Gasteiger partial charge in [-0.05, 0) is 134 Å². The van der Waals surface area contributed by atoms with Crippen LogP contribution in [0.15, 0.2) is 224 Å². The lowest BCUT2D eigenvalue weighted by molar-refractivity contribution is 1.18. The Bertz CT molecular complexity index is 4080. The van der Waals surface area contributed by atoms with Gasteiger partial charge in [-0.1, -0.05) is 188 Å². The number of hydrogen-bond acceptors (Lipinski definition) is 3. The summed E-state index contributed by atoms with van der Waals surface area (Å²) in [6, 6.07) is 82.4. The van der Waals surface area contributed by atoms with Crippen molar-refractivity contribution >= 4 is 64.6 Å². The maximum Gasteiger partial charge on any atom is 0.160 e. The van der Waals surface area contributed by atoms with Gasteiger partial charge in [-0.2, -0.15) is 5.26 Å². The molecule has 3 heteroatoms. The van der Waals surface area contributed by atoms with Crippen molar-refractivity contribution in [1.29, 1.82) is 5.26 Å². The van der Waals surface area contributed by atoms with Gasteiger partial charge in [0.05, 0.1) is 23.0 Å². The van der Waals surface area contributed by atoms with E-state index in [4.69, 9.17) is 9.97 Å². The predicted molar refractivity (Wildman–Crippen MR) is 276 cm³/mol. The molecule has 0 saturated carbocycles. The average molecular weight is 836 g/mol. The molecule has 0 spiro atoms. The molecule has 0 radical (unpaired) electrons. The number of hydrogen-bond donors (Lipinski definition) is 0. The van der Waals surface area contributed by atoms with Crippen molar-refractivity contribution in [3.63, 3.8) is 0 Å². The number of aromatic nitrogens is 2. The van der Waals surface area contributed by atoms with Crippen molar-refractivity contribution in [3.05, 3.63) is 230 Å². The minimum Gasteiger partial charge on any atom is -0.228 e. The van der Waals surface area contributed by atoms with E-state index in [1.807, 2.05) is 54.6 Å². The van der Waals surface area contributed by atoms with E-state index in [2.05, 4.69) is 176 Å². The molecule has 0 fully saturated rings. The van der Waals surface area contributed by atoms with Crippen molar-refractivity contribution in [2.24, 2.45) is 0 Å². The van der Waals surface area contributed by atoms with Crippen molar-refractivity contribution in [2.45, 2.75) is 0 Å². The molecule has 0 atom stereocenters. The molecule has 0 N–H and O–H groups in total. The Morgan fingerprint density at radius 2 is 0.788 bits per heavy atom. The first kappa shape index (κ1) is 37.6. The lowest BCUT2D eigenvalue weighted by atomic mass is 9.86. The molecular formula is C63H37N3. The minimum atomic E-state index is 0.631. The summed E-state index contributed by atoms with van der Waals surface area (Å²) in [6.45, 7) is 0. The summed E-state index contributed by atoms with van der Waals surface area (Å²) in [5.41, 5.74) is 12.0. The molecule has 12 aromatic carbocycles. The van der Waals surface area contributed by atoms with Crippen LogP contribution in [0.4, 0.5) is 0 Å². The summed E-state index contributed by atoms with van der Waals surface area (Å²) >= 11 is 0. The summed E-state index contributed by atoms with van der Waals surface area (Å²) in [7, 11) is 0. The molecule has 0 aliphatic heterocycles. The quantitative estimate of drug-likeness (QED) is 0.157. The molecule has 304 valence electrons. The first-order chi connectivity index (χ1) is 32.6. The zero-order valence-corrected chi connectivity index (χ0v) is 35.7. The number of benzene rings is 11. The SMILES string of the molecule is N#Cc1ccc(-c2ccccc2-c2cc(-c3ccc(-c4cccc(-c5cc6ccc7cccc8c9cccc%10ccc%11cccc(c(c5)c6c78)c%11c%109)c4)cc3)nc(-c3ccccc3)n2)cc1. The molecule has 0 unspecified atom stereocenters. The monoisotopic (exact) mass is 835 g/mol. The van der Waals surface area contributed by atoms with Crippen LogP contribution in [0.2, 0.25) is 0 Å². The Balaban J connectivity index is 0.931. The topological polar surface area (TPSA) is 49.6 Å². The van der Waals surface area contributed by atoms with E-state index in [9.17, 15) is 5.26 Å². The molecule has 13 rings (SSSR count). The Labute approximate surface area is 381 Å². The third kappa shape index (κ3) is 6.12. The van der Waals surface area contributed by atoms with Gasteiger partial charge < -0.3 is 0 Å². The van der Waals surface area contributed by atoms with E-state index in [1.165, 1.54) is 75.8 Å². The molecule has 3 nitrogen and oxygen atoms in total. The van der Waals surface area contributed by atoms with Gasteiger partial charge in [-0.15, -0.1) is 0 Å². The lowest BCUT2D eigenvalue weighted by Gasteiger charge is -2.17. The van der Waals surface area contributed by atoms with Crippen LogP contribution in [0, 0.1) is 11.3 Å². The van der Waals surface area contributed by atoms with E-state index in [1.54, 1.807) is 0 Å². The fourth-order valence-corrected chi connectivity index (χ4v) is 10.3. The number of nitrogens with zero attached hydrogens (tertiary/aromatic N) is 3. The molecule has 1 aromatic heterocycles. The maximum absolute atomic E-state index is 9.44. The zero-order valence-electron chi connectivity index (χ0n) is 35.7. The highest BCUT2D eigenvalue weighted by Gasteiger charge is 2.18. The second kappa shape index (κ2) is 15.1. The van der Waals surface area contributed by atoms with E-state index in [0.717, 1.165) is 50.3 Å². The summed E-state index contributed by atoms with van der Waals surface area (Å²) in [6.07, 6.45) is 0. The fraction of sp³-hybridized carbons (Fsp3) is 0. The zero-order chi connectivity index (χ0) is 43.7. The van der Waals surface area contributed by atoms with E-state index >= 15 is 0 Å². The Morgan fingerprint density at radius 3 is 1.44 bits per heavy atom. The second-order valence-corrected chi connectivity index (χ2v) is 17.2. The van der Waals surface area contributed by atoms with Crippen LogP contribution >= 0.6 is 0 Å². The van der Waals surface area contributed by atoms with E-state index in [0.29, 0.717) is 11.4 Å². The van der Waals surface area contributed by atoms with Crippen molar-refractivity contribution in [3.8, 4) is 73.4 Å². The maximum atomic E-state index is 9.44. The smallest absolute Gasteiger partial charge is 0.160 e. The van der Waals surface area contributed by atoms with Gasteiger partial charge in [0.15, 0.2) is 5.82 Å². The molecule has 13 aromatic rings. The van der Waals surface area contributed by atoms with Gasteiger partial charge in [-0.25, -0.2) is 9.97 Å². The van der Waals surface area contributed by atoms with Crippen LogP contribution in [-0.4, -0.2) is 9.97 Å². The highest BCUT2D eigenvalue weighted by molar-refractivity contribution is 6.37. The van der Waals surface area contributed by atoms with Gasteiger partial charge >= 0.3 is 0 Å². The first-order valence-corrected chi connectivity index (χ1v) is 22.4. The standard InChI is InChI=1S/C63H37N3/c64-38-39-22-24-41(25-23-39)51-17-4-5-18-52(51)58-37-57(65-63(66-58)46-10-2-1-3-11-46)42-28-26-40(27-29-42)47-15-6-16-48(34-47)50-35-49-33-32-45-13-8-20-54-53-19-7-12-43-30-31-44-14-9-21-55(61(44)59(43)53)56(36-50)62(49)60(45)54/h1-37H. The Kier molecular flexibility index (Phi) is 8.59. The number of nitriles is 1. The van der Waals surface area contributed by atoms with Gasteiger partial charge in [0, 0.05) is 16.7 Å². The van der Waals surface area contributed by atoms with Crippen LogP contribution in [0.1, 0.15) is 5.56 Å². The summed E-state index contributed by atoms with van der Waals surface area (Å²) in [5, 5.41) is 24.8. The predicted octanol–water partition coefficient (Wildman–Crippen LogP) is 16.7. The van der Waals surface area contributed by atoms with Crippen LogP contribution in [0.25, 0.3) is 132 Å². The summed E-state index contributed by atoms with van der Waals surface area (Å²) < 4.78 is 0. The molecule has 0 aliphatic carbocycles. The van der Waals surface area contributed by atoms with Gasteiger partial charge in [0.1, 0.15) is 0 Å². The Morgan fingerprint density at radius 1 is 0.288 bits per heavy atom. The highest BCUT2D eigenvalue weighted by Crippen LogP contribution is 2.45. The third-order valence-corrected chi connectivity index (χ3v) is 13.4. The molecule has 66 heavy (non-hydrogen) atoms. The first-order valence-electron chi connectivity index (χ1n) is 22.4. The van der Waals surface area contributed by atoms with E-state index in [-0.39, 0.29) is 0 Å². The van der Waals surface area contributed by atoms with Gasteiger partial charge in [0.2, 0.25) is 0 Å². The van der Waals surface area contributed by atoms with Crippen LogP contribution < -0.4 is 0 Å². The van der Waals surface area contributed by atoms with Crippen molar-refractivity contribution < 1.29 is 0 Å². The largest absolute Gasteiger partial charge is 0.228 e. The summed E-state index contributed by atoms with van der Waals surface area (Å²) in [5.74, 6) is 0.664. The normalized spacial score (nSPS) is 11.6. The van der Waals surface area contributed by atoms with Crippen molar-refractivity contribution in [1.82, 2.24) is 9.97 Å². The van der Waals surface area contributed by atoms with Crippen LogP contribution in [-0.2, 0) is 0 Å². The van der Waals surface area contributed by atoms with Gasteiger partial charge in [0.25, 0.3) is 0 Å². The van der Waals surface area contributed by atoms with Crippen LogP contribution in [0.3, 0.4) is 0 Å². The molecule has 0 saturated heterocycles. The number of fused-ring (bicyclic) bond motifs is 2. The second-order valence-electron chi connectivity index (χ2n) is 17.2. The Hall–Kier alpha value is -8.97. The lowest BCUT2D eigenvalue weighted by Crippen LogP contribution is -1.97. The van der Waals surface area contributed by atoms with E-state index < -0.39 is 0 Å². The molecular weight excluding hydrogens is 799 g/mol. The summed E-state index contributed by atoms with van der Waals surface area (Å²) in [4.78, 5) is 10.3.